The summed E-state index contributed by atoms with van der Waals surface area (Å²) < 4.78 is 5.66. The van der Waals surface area contributed by atoms with E-state index in [1.54, 1.807) is 6.26 Å². The number of hydrogen-bond donors (Lipinski definition) is 2. The Morgan fingerprint density at radius 1 is 1.09 bits per heavy atom. The van der Waals surface area contributed by atoms with Gasteiger partial charge in [0.25, 0.3) is 0 Å². The second-order valence-electron chi connectivity index (χ2n) is 8.44. The molecular weight excluding hydrogens is 398 g/mol. The number of nitrogens with one attached hydrogen (secondary N) is 2. The number of likely N-dealkylation sites (tertiary alicyclic amines) is 1. The van der Waals surface area contributed by atoms with Gasteiger partial charge in [-0.3, -0.25) is 9.89 Å². The molecule has 6 nitrogen and oxygen atoms in total. The number of aromatic nitrogens is 1. The molecule has 0 radical (unpaired) electrons. The van der Waals surface area contributed by atoms with E-state index in [-0.39, 0.29) is 0 Å². The predicted octanol–water partition coefficient (Wildman–Crippen LogP) is 4.02. The van der Waals surface area contributed by atoms with Crippen molar-refractivity contribution in [3.8, 4) is 11.5 Å². The van der Waals surface area contributed by atoms with Crippen LogP contribution in [0.15, 0.2) is 70.3 Å². The topological polar surface area (TPSA) is 65.7 Å². The zero-order chi connectivity index (χ0) is 22.2. The number of oxazole rings is 1. The van der Waals surface area contributed by atoms with Gasteiger partial charge >= 0.3 is 0 Å². The third-order valence-electron chi connectivity index (χ3n) is 5.92. The summed E-state index contributed by atoms with van der Waals surface area (Å²) in [6.45, 7) is 6.06. The Bertz CT molecular complexity index is 989. The summed E-state index contributed by atoms with van der Waals surface area (Å²) in [5, 5.41) is 7.00. The van der Waals surface area contributed by atoms with Crippen LogP contribution in [0.5, 0.6) is 0 Å². The number of aliphatic imine (C=N–C) groups is 1. The van der Waals surface area contributed by atoms with Crippen molar-refractivity contribution in [2.24, 2.45) is 4.99 Å². The van der Waals surface area contributed by atoms with Gasteiger partial charge in [0, 0.05) is 51.3 Å². The van der Waals surface area contributed by atoms with E-state index in [4.69, 9.17) is 4.42 Å². The number of piperidine rings is 1. The zero-order valence-corrected chi connectivity index (χ0v) is 19.1. The Morgan fingerprint density at radius 3 is 2.56 bits per heavy atom. The Labute approximate surface area is 190 Å². The molecule has 1 fully saturated rings. The van der Waals surface area contributed by atoms with Gasteiger partial charge < -0.3 is 15.1 Å². The van der Waals surface area contributed by atoms with Crippen molar-refractivity contribution in [2.45, 2.75) is 38.8 Å². The molecule has 0 unspecified atom stereocenters. The highest BCUT2D eigenvalue weighted by Gasteiger charge is 2.20. The summed E-state index contributed by atoms with van der Waals surface area (Å²) in [7, 11) is 1.82. The summed E-state index contributed by atoms with van der Waals surface area (Å²) >= 11 is 0. The first-order chi connectivity index (χ1) is 15.7. The number of aryl methyl sites for hydroxylation is 1. The van der Waals surface area contributed by atoms with Crippen molar-refractivity contribution in [1.82, 2.24) is 20.5 Å². The smallest absolute Gasteiger partial charge is 0.226 e. The summed E-state index contributed by atoms with van der Waals surface area (Å²) in [4.78, 5) is 11.5. The number of guanidine groups is 1. The van der Waals surface area contributed by atoms with E-state index >= 15 is 0 Å². The Kier molecular flexibility index (Phi) is 7.56. The van der Waals surface area contributed by atoms with Crippen LogP contribution in [-0.4, -0.2) is 48.6 Å². The molecule has 1 aliphatic rings. The van der Waals surface area contributed by atoms with Gasteiger partial charge in [0.1, 0.15) is 6.26 Å². The molecule has 1 saturated heterocycles. The fraction of sp³-hybridized carbons (Fsp3) is 0.385. The molecule has 6 heteroatoms. The molecule has 2 aromatic carbocycles. The average molecular weight is 432 g/mol. The van der Waals surface area contributed by atoms with E-state index < -0.39 is 0 Å². The molecule has 0 spiro atoms. The first kappa shape index (κ1) is 22.1. The van der Waals surface area contributed by atoms with Gasteiger partial charge in [-0.2, -0.15) is 0 Å². The highest BCUT2D eigenvalue weighted by atomic mass is 16.3. The Morgan fingerprint density at radius 2 is 1.84 bits per heavy atom. The number of benzene rings is 2. The molecule has 4 rings (SSSR count). The number of nitrogens with zero attached hydrogens (tertiary/aromatic N) is 3. The van der Waals surface area contributed by atoms with E-state index in [9.17, 15) is 0 Å². The van der Waals surface area contributed by atoms with Crippen molar-refractivity contribution in [1.29, 1.82) is 0 Å². The van der Waals surface area contributed by atoms with Gasteiger partial charge in [0.2, 0.25) is 5.89 Å². The van der Waals surface area contributed by atoms with E-state index in [0.29, 0.717) is 11.9 Å². The predicted molar refractivity (Wildman–Crippen MR) is 130 cm³/mol. The van der Waals surface area contributed by atoms with Gasteiger partial charge in [-0.25, -0.2) is 4.98 Å². The van der Waals surface area contributed by atoms with Crippen LogP contribution in [0.1, 0.15) is 29.7 Å². The molecule has 168 valence electrons. The minimum absolute atomic E-state index is 0.452. The van der Waals surface area contributed by atoms with Crippen molar-refractivity contribution >= 4 is 5.96 Å². The maximum absolute atomic E-state index is 5.66. The lowest BCUT2D eigenvalue weighted by atomic mass is 10.0. The Balaban J connectivity index is 1.18. The molecule has 0 amide bonds. The van der Waals surface area contributed by atoms with Crippen LogP contribution in [0.2, 0.25) is 0 Å². The highest BCUT2D eigenvalue weighted by Crippen LogP contribution is 2.19. The van der Waals surface area contributed by atoms with Crippen LogP contribution in [-0.2, 0) is 13.0 Å². The highest BCUT2D eigenvalue weighted by molar-refractivity contribution is 5.79. The van der Waals surface area contributed by atoms with Crippen LogP contribution in [0, 0.1) is 6.92 Å². The first-order valence-corrected chi connectivity index (χ1v) is 11.4. The van der Waals surface area contributed by atoms with E-state index in [2.05, 4.69) is 74.9 Å². The van der Waals surface area contributed by atoms with Crippen LogP contribution in [0.4, 0.5) is 0 Å². The lowest BCUT2D eigenvalue weighted by Gasteiger charge is -2.33. The average Bonchev–Trinajstić information content (AvgIpc) is 3.29. The summed E-state index contributed by atoms with van der Waals surface area (Å²) in [6, 6.07) is 19.4. The van der Waals surface area contributed by atoms with Gasteiger partial charge in [0.05, 0.1) is 5.69 Å². The van der Waals surface area contributed by atoms with E-state index in [0.717, 1.165) is 62.7 Å². The quantitative estimate of drug-likeness (QED) is 0.437. The standard InChI is InChI=1S/C26H33N5O/c1-20-8-10-22(11-9-20)25-29-24(19-32-25)12-15-28-26(27-2)30-23-13-16-31(17-14-23)18-21-6-4-3-5-7-21/h3-11,19,23H,12-18H2,1-2H3,(H2,27,28,30). The maximum Gasteiger partial charge on any atom is 0.226 e. The molecule has 1 aromatic heterocycles. The van der Waals surface area contributed by atoms with Crippen molar-refractivity contribution in [2.75, 3.05) is 26.7 Å². The largest absolute Gasteiger partial charge is 0.444 e. The zero-order valence-electron chi connectivity index (χ0n) is 19.1. The SMILES string of the molecule is CN=C(NCCc1coc(-c2ccc(C)cc2)n1)NC1CCN(Cc2ccccc2)CC1. The molecule has 1 aliphatic heterocycles. The van der Waals surface area contributed by atoms with Gasteiger partial charge in [-0.1, -0.05) is 48.0 Å². The molecule has 0 saturated carbocycles. The molecule has 2 heterocycles. The second kappa shape index (κ2) is 11.0. The van der Waals surface area contributed by atoms with Crippen molar-refractivity contribution < 1.29 is 4.42 Å². The molecule has 0 aliphatic carbocycles. The van der Waals surface area contributed by atoms with Crippen molar-refractivity contribution in [3.63, 3.8) is 0 Å². The minimum Gasteiger partial charge on any atom is -0.444 e. The van der Waals surface area contributed by atoms with E-state index in [1.807, 2.05) is 19.2 Å². The number of rotatable bonds is 7. The summed E-state index contributed by atoms with van der Waals surface area (Å²) in [5.74, 6) is 1.53. The Hall–Kier alpha value is -3.12. The normalized spacial score (nSPS) is 15.6. The fourth-order valence-electron chi connectivity index (χ4n) is 4.02. The maximum atomic E-state index is 5.66. The van der Waals surface area contributed by atoms with Crippen LogP contribution >= 0.6 is 0 Å². The van der Waals surface area contributed by atoms with Gasteiger partial charge in [-0.15, -0.1) is 0 Å². The summed E-state index contributed by atoms with van der Waals surface area (Å²) in [5.41, 5.74) is 4.56. The lowest BCUT2D eigenvalue weighted by Crippen LogP contribution is -2.48. The molecule has 2 N–H and O–H groups in total. The monoisotopic (exact) mass is 431 g/mol. The van der Waals surface area contributed by atoms with Crippen molar-refractivity contribution in [3.05, 3.63) is 77.7 Å². The fourth-order valence-corrected chi connectivity index (χ4v) is 4.02. The first-order valence-electron chi connectivity index (χ1n) is 11.4. The summed E-state index contributed by atoms with van der Waals surface area (Å²) in [6.07, 6.45) is 4.77. The van der Waals surface area contributed by atoms with Crippen LogP contribution in [0.25, 0.3) is 11.5 Å². The van der Waals surface area contributed by atoms with Crippen LogP contribution in [0.3, 0.4) is 0 Å². The molecule has 32 heavy (non-hydrogen) atoms. The molecule has 3 aromatic rings. The minimum atomic E-state index is 0.452. The van der Waals surface area contributed by atoms with Crippen LogP contribution < -0.4 is 10.6 Å². The van der Waals surface area contributed by atoms with Gasteiger partial charge in [-0.05, 0) is 37.5 Å². The van der Waals surface area contributed by atoms with E-state index in [1.165, 1.54) is 11.1 Å². The third kappa shape index (κ3) is 6.20. The lowest BCUT2D eigenvalue weighted by molar-refractivity contribution is 0.198. The molecule has 0 atom stereocenters. The molecular formula is C26H33N5O. The number of hydrogen-bond acceptors (Lipinski definition) is 4. The van der Waals surface area contributed by atoms with Gasteiger partial charge in [0.15, 0.2) is 5.96 Å². The molecule has 0 bridgehead atoms. The second-order valence-corrected chi connectivity index (χ2v) is 8.44. The third-order valence-corrected chi connectivity index (χ3v) is 5.92.